The third-order valence-electron chi connectivity index (χ3n) is 3.85. The van der Waals surface area contributed by atoms with Crippen LogP contribution in [0.25, 0.3) is 10.8 Å². The van der Waals surface area contributed by atoms with Crippen LogP contribution in [0.1, 0.15) is 18.0 Å². The van der Waals surface area contributed by atoms with Crippen molar-refractivity contribution in [3.63, 3.8) is 0 Å². The summed E-state index contributed by atoms with van der Waals surface area (Å²) in [5.74, 6) is 0.483. The van der Waals surface area contributed by atoms with Gasteiger partial charge in [-0.3, -0.25) is 4.98 Å². The van der Waals surface area contributed by atoms with E-state index in [1.165, 1.54) is 0 Å². The summed E-state index contributed by atoms with van der Waals surface area (Å²) in [6.07, 6.45) is 4.20. The predicted octanol–water partition coefficient (Wildman–Crippen LogP) is 1.67. The van der Waals surface area contributed by atoms with Crippen molar-refractivity contribution in [2.24, 2.45) is 11.7 Å². The SMILES string of the molecule is NC(c1cccc2cnccc12)C1CCS(=O)(=O)C1. The molecule has 3 rings (SSSR count). The number of hydrogen-bond acceptors (Lipinski definition) is 4. The number of rotatable bonds is 2. The Morgan fingerprint density at radius 1 is 1.32 bits per heavy atom. The lowest BCUT2D eigenvalue weighted by molar-refractivity contribution is 0.482. The summed E-state index contributed by atoms with van der Waals surface area (Å²) >= 11 is 0. The maximum Gasteiger partial charge on any atom is 0.150 e. The van der Waals surface area contributed by atoms with Crippen molar-refractivity contribution >= 4 is 20.6 Å². The van der Waals surface area contributed by atoms with Crippen LogP contribution in [0.3, 0.4) is 0 Å². The van der Waals surface area contributed by atoms with E-state index < -0.39 is 9.84 Å². The highest BCUT2D eigenvalue weighted by Gasteiger charge is 2.33. The van der Waals surface area contributed by atoms with Gasteiger partial charge in [-0.25, -0.2) is 8.42 Å². The lowest BCUT2D eigenvalue weighted by atomic mass is 9.90. The molecular formula is C14H16N2O2S. The summed E-state index contributed by atoms with van der Waals surface area (Å²) in [5, 5.41) is 2.10. The zero-order valence-electron chi connectivity index (χ0n) is 10.5. The molecule has 1 fully saturated rings. The van der Waals surface area contributed by atoms with Gasteiger partial charge in [0.15, 0.2) is 9.84 Å². The van der Waals surface area contributed by atoms with Crippen LogP contribution in [0.5, 0.6) is 0 Å². The third-order valence-corrected chi connectivity index (χ3v) is 5.64. The number of nitrogens with two attached hydrogens (primary N) is 1. The first-order valence-electron chi connectivity index (χ1n) is 6.35. The number of pyridine rings is 1. The Bertz CT molecular complexity index is 707. The van der Waals surface area contributed by atoms with Crippen LogP contribution in [0.4, 0.5) is 0 Å². The molecule has 2 atom stereocenters. The minimum atomic E-state index is -2.89. The molecule has 2 aromatic rings. The van der Waals surface area contributed by atoms with E-state index in [-0.39, 0.29) is 23.5 Å². The number of aromatic nitrogens is 1. The summed E-state index contributed by atoms with van der Waals surface area (Å²) in [6.45, 7) is 0. The smallest absolute Gasteiger partial charge is 0.150 e. The highest BCUT2D eigenvalue weighted by molar-refractivity contribution is 7.91. The van der Waals surface area contributed by atoms with Crippen molar-refractivity contribution in [3.8, 4) is 0 Å². The summed E-state index contributed by atoms with van der Waals surface area (Å²) in [7, 11) is -2.89. The maximum atomic E-state index is 11.6. The van der Waals surface area contributed by atoms with Crippen LogP contribution in [-0.4, -0.2) is 24.9 Å². The zero-order valence-corrected chi connectivity index (χ0v) is 11.3. The Labute approximate surface area is 112 Å². The lowest BCUT2D eigenvalue weighted by Crippen LogP contribution is -2.22. The van der Waals surface area contributed by atoms with Gasteiger partial charge < -0.3 is 5.73 Å². The van der Waals surface area contributed by atoms with Gasteiger partial charge in [-0.1, -0.05) is 18.2 Å². The zero-order chi connectivity index (χ0) is 13.5. The van der Waals surface area contributed by atoms with E-state index in [1.807, 2.05) is 24.3 Å². The largest absolute Gasteiger partial charge is 0.324 e. The van der Waals surface area contributed by atoms with Gasteiger partial charge in [0.25, 0.3) is 0 Å². The second-order valence-corrected chi connectivity index (χ2v) is 7.36. The first kappa shape index (κ1) is 12.6. The molecule has 1 aliphatic rings. The molecule has 100 valence electrons. The highest BCUT2D eigenvalue weighted by atomic mass is 32.2. The van der Waals surface area contributed by atoms with Crippen molar-refractivity contribution in [2.45, 2.75) is 12.5 Å². The molecule has 4 nitrogen and oxygen atoms in total. The van der Waals surface area contributed by atoms with E-state index >= 15 is 0 Å². The molecule has 19 heavy (non-hydrogen) atoms. The van der Waals surface area contributed by atoms with Crippen LogP contribution >= 0.6 is 0 Å². The summed E-state index contributed by atoms with van der Waals surface area (Å²) in [4.78, 5) is 4.10. The van der Waals surface area contributed by atoms with E-state index in [1.54, 1.807) is 12.4 Å². The predicted molar refractivity (Wildman–Crippen MR) is 75.4 cm³/mol. The van der Waals surface area contributed by atoms with Gasteiger partial charge in [0.2, 0.25) is 0 Å². The van der Waals surface area contributed by atoms with Crippen molar-refractivity contribution in [3.05, 3.63) is 42.2 Å². The molecule has 0 saturated carbocycles. The molecule has 2 unspecified atom stereocenters. The van der Waals surface area contributed by atoms with Crippen LogP contribution in [0.2, 0.25) is 0 Å². The second kappa shape index (κ2) is 4.58. The van der Waals surface area contributed by atoms with Gasteiger partial charge in [0.1, 0.15) is 0 Å². The minimum absolute atomic E-state index is 0.0174. The Morgan fingerprint density at radius 3 is 2.89 bits per heavy atom. The minimum Gasteiger partial charge on any atom is -0.324 e. The maximum absolute atomic E-state index is 11.6. The molecular weight excluding hydrogens is 260 g/mol. The molecule has 0 bridgehead atoms. The van der Waals surface area contributed by atoms with Gasteiger partial charge in [-0.15, -0.1) is 0 Å². The van der Waals surface area contributed by atoms with Crippen LogP contribution in [0.15, 0.2) is 36.7 Å². The van der Waals surface area contributed by atoms with Gasteiger partial charge in [-0.05, 0) is 29.4 Å². The molecule has 1 aliphatic heterocycles. The number of nitrogens with zero attached hydrogens (tertiary/aromatic N) is 1. The molecule has 1 aromatic carbocycles. The number of fused-ring (bicyclic) bond motifs is 1. The summed E-state index contributed by atoms with van der Waals surface area (Å²) < 4.78 is 23.1. The summed E-state index contributed by atoms with van der Waals surface area (Å²) in [6, 6.07) is 7.63. The van der Waals surface area contributed by atoms with E-state index in [0.717, 1.165) is 16.3 Å². The Balaban J connectivity index is 2.00. The lowest BCUT2D eigenvalue weighted by Gasteiger charge is -2.20. The average Bonchev–Trinajstić information content (AvgIpc) is 2.78. The van der Waals surface area contributed by atoms with Crippen molar-refractivity contribution in [2.75, 3.05) is 11.5 Å². The van der Waals surface area contributed by atoms with Crippen LogP contribution < -0.4 is 5.73 Å². The topological polar surface area (TPSA) is 73.0 Å². The van der Waals surface area contributed by atoms with Crippen LogP contribution in [0, 0.1) is 5.92 Å². The third kappa shape index (κ3) is 2.35. The van der Waals surface area contributed by atoms with Crippen molar-refractivity contribution in [1.82, 2.24) is 4.98 Å². The quantitative estimate of drug-likeness (QED) is 0.905. The van der Waals surface area contributed by atoms with Gasteiger partial charge in [0, 0.05) is 23.8 Å². The second-order valence-electron chi connectivity index (χ2n) is 5.13. The molecule has 2 N–H and O–H groups in total. The normalized spacial score (nSPS) is 23.5. The van der Waals surface area contributed by atoms with E-state index in [2.05, 4.69) is 4.98 Å². The molecule has 2 heterocycles. The number of sulfone groups is 1. The van der Waals surface area contributed by atoms with Crippen molar-refractivity contribution in [1.29, 1.82) is 0 Å². The first-order valence-corrected chi connectivity index (χ1v) is 8.17. The molecule has 5 heteroatoms. The van der Waals surface area contributed by atoms with E-state index in [4.69, 9.17) is 5.73 Å². The molecule has 1 aromatic heterocycles. The molecule has 0 amide bonds. The van der Waals surface area contributed by atoms with Gasteiger partial charge in [-0.2, -0.15) is 0 Å². The molecule has 0 aliphatic carbocycles. The van der Waals surface area contributed by atoms with E-state index in [9.17, 15) is 8.42 Å². The summed E-state index contributed by atoms with van der Waals surface area (Å²) in [5.41, 5.74) is 7.32. The monoisotopic (exact) mass is 276 g/mol. The van der Waals surface area contributed by atoms with Crippen LogP contribution in [-0.2, 0) is 9.84 Å². The fourth-order valence-electron chi connectivity index (χ4n) is 2.80. The number of benzene rings is 1. The molecule has 0 radical (unpaired) electrons. The standard InChI is InChI=1S/C14H16N2O2S/c15-14(11-5-7-19(17,18)9-11)13-3-1-2-10-8-16-6-4-12(10)13/h1-4,6,8,11,14H,5,7,9,15H2. The fourth-order valence-corrected chi connectivity index (χ4v) is 4.65. The first-order chi connectivity index (χ1) is 9.07. The molecule has 1 saturated heterocycles. The van der Waals surface area contributed by atoms with E-state index in [0.29, 0.717) is 6.42 Å². The number of hydrogen-bond donors (Lipinski definition) is 1. The molecule has 0 spiro atoms. The van der Waals surface area contributed by atoms with Crippen molar-refractivity contribution < 1.29 is 8.42 Å². The fraction of sp³-hybridized carbons (Fsp3) is 0.357. The Hall–Kier alpha value is -1.46. The van der Waals surface area contributed by atoms with Gasteiger partial charge >= 0.3 is 0 Å². The highest BCUT2D eigenvalue weighted by Crippen LogP contribution is 2.32. The Kier molecular flexibility index (Phi) is 3.03. The van der Waals surface area contributed by atoms with Gasteiger partial charge in [0.05, 0.1) is 11.5 Å². The average molecular weight is 276 g/mol. The Morgan fingerprint density at radius 2 is 2.16 bits per heavy atom.